The fourth-order valence-electron chi connectivity index (χ4n) is 1.59. The van der Waals surface area contributed by atoms with Gasteiger partial charge >= 0.3 is 5.97 Å². The van der Waals surface area contributed by atoms with Gasteiger partial charge < -0.3 is 14.6 Å². The van der Waals surface area contributed by atoms with Gasteiger partial charge in [0, 0.05) is 6.42 Å². The number of benzene rings is 1. The molecule has 0 aromatic heterocycles. The highest BCUT2D eigenvalue weighted by atomic mass is 35.5. The van der Waals surface area contributed by atoms with Gasteiger partial charge in [-0.2, -0.15) is 0 Å². The van der Waals surface area contributed by atoms with Crippen LogP contribution in [0.2, 0.25) is 5.02 Å². The number of ether oxygens (including phenoxy) is 2. The Bertz CT molecular complexity index is 447. The van der Waals surface area contributed by atoms with Crippen LogP contribution in [0.15, 0.2) is 12.1 Å². The number of aliphatic carboxylic acids is 1. The van der Waals surface area contributed by atoms with Crippen LogP contribution in [0.5, 0.6) is 11.5 Å². The third kappa shape index (κ3) is 2.76. The molecule has 0 saturated heterocycles. The summed E-state index contributed by atoms with van der Waals surface area (Å²) in [7, 11) is 0. The van der Waals surface area contributed by atoms with Crippen molar-refractivity contribution < 1.29 is 19.4 Å². The Kier molecular flexibility index (Phi) is 3.64. The van der Waals surface area contributed by atoms with E-state index in [0.717, 1.165) is 5.56 Å². The smallest absolute Gasteiger partial charge is 0.303 e. The zero-order chi connectivity index (χ0) is 12.4. The molecule has 0 spiro atoms. The lowest BCUT2D eigenvalue weighted by atomic mass is 10.1. The first-order chi connectivity index (χ1) is 8.08. The first-order valence-electron chi connectivity index (χ1n) is 5.03. The molecule has 0 aliphatic carbocycles. The molecule has 1 N–H and O–H groups in total. The molecule has 1 atom stereocenters. The van der Waals surface area contributed by atoms with Gasteiger partial charge in [-0.1, -0.05) is 11.6 Å². The summed E-state index contributed by atoms with van der Waals surface area (Å²) in [5.74, 6) is 0.188. The standard InChI is InChI=1S/C11H10Cl2O4/c12-7(1-2-10(14)15)6-3-8(13)11-9(4-6)16-5-17-11/h3-4,7H,1-2,5H2,(H,14,15). The third-order valence-electron chi connectivity index (χ3n) is 2.42. The predicted molar refractivity (Wildman–Crippen MR) is 63.0 cm³/mol. The van der Waals surface area contributed by atoms with E-state index >= 15 is 0 Å². The van der Waals surface area contributed by atoms with Crippen LogP contribution >= 0.6 is 23.2 Å². The van der Waals surface area contributed by atoms with Gasteiger partial charge in [0.05, 0.1) is 10.4 Å². The van der Waals surface area contributed by atoms with Crippen LogP contribution in [-0.4, -0.2) is 17.9 Å². The molecule has 0 saturated carbocycles. The fourth-order valence-corrected chi connectivity index (χ4v) is 2.09. The summed E-state index contributed by atoms with van der Waals surface area (Å²) >= 11 is 12.1. The van der Waals surface area contributed by atoms with Gasteiger partial charge in [0.2, 0.25) is 6.79 Å². The Morgan fingerprint density at radius 3 is 2.94 bits per heavy atom. The molecule has 0 amide bonds. The second-order valence-corrected chi connectivity index (χ2v) is 4.57. The molecule has 17 heavy (non-hydrogen) atoms. The molecule has 1 unspecified atom stereocenters. The van der Waals surface area contributed by atoms with Crippen LogP contribution in [-0.2, 0) is 4.79 Å². The summed E-state index contributed by atoms with van der Waals surface area (Å²) in [6.07, 6.45) is 0.354. The minimum absolute atomic E-state index is 0.0141. The summed E-state index contributed by atoms with van der Waals surface area (Å²) in [5.41, 5.74) is 0.738. The van der Waals surface area contributed by atoms with Gasteiger partial charge in [0.25, 0.3) is 0 Å². The predicted octanol–water partition coefficient (Wildman–Crippen LogP) is 3.21. The van der Waals surface area contributed by atoms with Crippen molar-refractivity contribution in [2.75, 3.05) is 6.79 Å². The number of rotatable bonds is 4. The van der Waals surface area contributed by atoms with Crippen molar-refractivity contribution in [2.24, 2.45) is 0 Å². The number of carboxylic acids is 1. The second kappa shape index (κ2) is 5.02. The third-order valence-corrected chi connectivity index (χ3v) is 3.17. The number of hydrogen-bond donors (Lipinski definition) is 1. The fraction of sp³-hybridized carbons (Fsp3) is 0.364. The van der Waals surface area contributed by atoms with E-state index in [2.05, 4.69) is 0 Å². The summed E-state index contributed by atoms with van der Waals surface area (Å²) < 4.78 is 10.4. The Balaban J connectivity index is 2.16. The van der Waals surface area contributed by atoms with Crippen LogP contribution in [0.25, 0.3) is 0 Å². The van der Waals surface area contributed by atoms with Crippen LogP contribution in [0, 0.1) is 0 Å². The number of carbonyl (C=O) groups is 1. The van der Waals surface area contributed by atoms with E-state index in [9.17, 15) is 4.79 Å². The van der Waals surface area contributed by atoms with Crippen molar-refractivity contribution >= 4 is 29.2 Å². The lowest BCUT2D eigenvalue weighted by molar-refractivity contribution is -0.137. The normalized spacial score (nSPS) is 14.7. The molecule has 6 heteroatoms. The molecule has 1 aromatic carbocycles. The number of carboxylic acid groups (broad SMARTS) is 1. The van der Waals surface area contributed by atoms with Gasteiger partial charge in [-0.15, -0.1) is 11.6 Å². The minimum atomic E-state index is -0.873. The van der Waals surface area contributed by atoms with Crippen molar-refractivity contribution in [3.63, 3.8) is 0 Å². The molecular weight excluding hydrogens is 267 g/mol. The summed E-state index contributed by atoms with van der Waals surface area (Å²) in [6.45, 7) is 0.139. The van der Waals surface area contributed by atoms with Gasteiger partial charge in [-0.25, -0.2) is 0 Å². The minimum Gasteiger partial charge on any atom is -0.481 e. The summed E-state index contributed by atoms with van der Waals surface area (Å²) in [6, 6.07) is 3.41. The largest absolute Gasteiger partial charge is 0.481 e. The zero-order valence-corrected chi connectivity index (χ0v) is 10.3. The van der Waals surface area contributed by atoms with Gasteiger partial charge in [0.1, 0.15) is 0 Å². The van der Waals surface area contributed by atoms with E-state index in [1.165, 1.54) is 0 Å². The molecule has 0 bridgehead atoms. The van der Waals surface area contributed by atoms with Crippen molar-refractivity contribution in [1.29, 1.82) is 0 Å². The van der Waals surface area contributed by atoms with Crippen LogP contribution in [0.3, 0.4) is 0 Å². The second-order valence-electron chi connectivity index (χ2n) is 3.64. The SMILES string of the molecule is O=C(O)CCC(Cl)c1cc(Cl)c2c(c1)OCO2. The van der Waals surface area contributed by atoms with Crippen LogP contribution < -0.4 is 9.47 Å². The Labute approximate surface area is 108 Å². The maximum Gasteiger partial charge on any atom is 0.303 e. The first kappa shape index (κ1) is 12.3. The molecule has 1 heterocycles. The average molecular weight is 277 g/mol. The Morgan fingerprint density at radius 2 is 2.24 bits per heavy atom. The molecule has 0 fully saturated rings. The highest BCUT2D eigenvalue weighted by Crippen LogP contribution is 2.42. The van der Waals surface area contributed by atoms with E-state index in [0.29, 0.717) is 22.9 Å². The number of fused-ring (bicyclic) bond motifs is 1. The van der Waals surface area contributed by atoms with Crippen LogP contribution in [0.1, 0.15) is 23.8 Å². The lowest BCUT2D eigenvalue weighted by Gasteiger charge is -2.10. The summed E-state index contributed by atoms with van der Waals surface area (Å²) in [4.78, 5) is 10.5. The van der Waals surface area contributed by atoms with E-state index in [1.54, 1.807) is 12.1 Å². The maximum absolute atomic E-state index is 10.5. The van der Waals surface area contributed by atoms with Crippen molar-refractivity contribution in [2.45, 2.75) is 18.2 Å². The van der Waals surface area contributed by atoms with Gasteiger partial charge in [0.15, 0.2) is 11.5 Å². The van der Waals surface area contributed by atoms with E-state index in [4.69, 9.17) is 37.8 Å². The molecule has 0 radical (unpaired) electrons. The van der Waals surface area contributed by atoms with Gasteiger partial charge in [-0.05, 0) is 24.1 Å². The molecule has 2 rings (SSSR count). The first-order valence-corrected chi connectivity index (χ1v) is 5.84. The molecule has 1 aliphatic rings. The molecule has 1 aliphatic heterocycles. The van der Waals surface area contributed by atoms with E-state index in [-0.39, 0.29) is 13.2 Å². The highest BCUT2D eigenvalue weighted by molar-refractivity contribution is 6.32. The molecular formula is C11H10Cl2O4. The van der Waals surface area contributed by atoms with Crippen molar-refractivity contribution in [3.8, 4) is 11.5 Å². The van der Waals surface area contributed by atoms with Crippen LogP contribution in [0.4, 0.5) is 0 Å². The molecule has 1 aromatic rings. The molecule has 92 valence electrons. The number of hydrogen-bond acceptors (Lipinski definition) is 3. The quantitative estimate of drug-likeness (QED) is 0.858. The highest BCUT2D eigenvalue weighted by Gasteiger charge is 2.21. The van der Waals surface area contributed by atoms with E-state index < -0.39 is 11.3 Å². The lowest BCUT2D eigenvalue weighted by Crippen LogP contribution is -1.98. The Hall–Kier alpha value is -1.13. The van der Waals surface area contributed by atoms with Crippen molar-refractivity contribution in [1.82, 2.24) is 0 Å². The van der Waals surface area contributed by atoms with Crippen molar-refractivity contribution in [3.05, 3.63) is 22.7 Å². The maximum atomic E-state index is 10.5. The number of halogens is 2. The van der Waals surface area contributed by atoms with E-state index in [1.807, 2.05) is 0 Å². The monoisotopic (exact) mass is 276 g/mol. The number of alkyl halides is 1. The average Bonchev–Trinajstić information content (AvgIpc) is 2.74. The molecule has 4 nitrogen and oxygen atoms in total. The summed E-state index contributed by atoms with van der Waals surface area (Å²) in [5, 5.41) is 8.61. The van der Waals surface area contributed by atoms with Gasteiger partial charge in [-0.3, -0.25) is 4.79 Å². The zero-order valence-electron chi connectivity index (χ0n) is 8.78. The topological polar surface area (TPSA) is 55.8 Å². The Morgan fingerprint density at radius 1 is 1.47 bits per heavy atom.